The van der Waals surface area contributed by atoms with Crippen molar-refractivity contribution in [2.75, 3.05) is 20.2 Å². The number of likely N-dealkylation sites (N-methyl/N-ethyl adjacent to an activating group) is 1. The second-order valence-corrected chi connectivity index (χ2v) is 5.61. The number of hydrogen-bond acceptors (Lipinski definition) is 3. The molecule has 0 aliphatic rings. The Morgan fingerprint density at radius 3 is 2.89 bits per heavy atom. The van der Waals surface area contributed by atoms with Gasteiger partial charge in [-0.15, -0.1) is 0 Å². The monoisotopic (exact) mass is 396 g/mol. The van der Waals surface area contributed by atoms with E-state index in [0.29, 0.717) is 22.3 Å². The van der Waals surface area contributed by atoms with Gasteiger partial charge >= 0.3 is 0 Å². The number of benzene rings is 1. The summed E-state index contributed by atoms with van der Waals surface area (Å²) in [5, 5.41) is 4.96. The number of rotatable bonds is 4. The standard InChI is InChI=1S/C12H11Cl2IN2O/c1-16-4-5-18-12-9(15)6-8(13)7-2-3-10(14)17-11(7)12/h2-3,6,16H,4-5H2,1H3. The summed E-state index contributed by atoms with van der Waals surface area (Å²) in [5.74, 6) is 0.729. The van der Waals surface area contributed by atoms with Gasteiger partial charge in [0, 0.05) is 11.9 Å². The highest BCUT2D eigenvalue weighted by Crippen LogP contribution is 2.35. The molecule has 0 spiro atoms. The first kappa shape index (κ1) is 14.1. The second kappa shape index (κ2) is 6.23. The topological polar surface area (TPSA) is 34.1 Å². The van der Waals surface area contributed by atoms with Crippen molar-refractivity contribution in [1.82, 2.24) is 10.3 Å². The van der Waals surface area contributed by atoms with Gasteiger partial charge in [0.25, 0.3) is 0 Å². The van der Waals surface area contributed by atoms with Crippen LogP contribution in [0.15, 0.2) is 18.2 Å². The largest absolute Gasteiger partial charge is 0.489 e. The summed E-state index contributed by atoms with van der Waals surface area (Å²) in [6.45, 7) is 1.33. The zero-order valence-electron chi connectivity index (χ0n) is 9.64. The molecule has 1 aromatic carbocycles. The number of aromatic nitrogens is 1. The molecule has 96 valence electrons. The molecule has 0 radical (unpaired) electrons. The zero-order valence-corrected chi connectivity index (χ0v) is 13.3. The van der Waals surface area contributed by atoms with Crippen molar-refractivity contribution in [2.45, 2.75) is 0 Å². The lowest BCUT2D eigenvalue weighted by molar-refractivity contribution is 0.319. The average molecular weight is 397 g/mol. The molecule has 3 nitrogen and oxygen atoms in total. The maximum Gasteiger partial charge on any atom is 0.159 e. The Morgan fingerprint density at radius 1 is 1.39 bits per heavy atom. The van der Waals surface area contributed by atoms with Crippen LogP contribution in [0.3, 0.4) is 0 Å². The summed E-state index contributed by atoms with van der Waals surface area (Å²) in [6, 6.07) is 5.45. The van der Waals surface area contributed by atoms with Gasteiger partial charge in [0.15, 0.2) is 5.75 Å². The van der Waals surface area contributed by atoms with Crippen molar-refractivity contribution in [2.24, 2.45) is 0 Å². The Bertz CT molecular complexity index is 577. The SMILES string of the molecule is CNCCOc1c(I)cc(Cl)c2ccc(Cl)nc12. The third-order valence-corrected chi connectivity index (χ3v) is 3.73. The first-order valence-corrected chi connectivity index (χ1v) is 7.18. The molecule has 1 N–H and O–H groups in total. The minimum Gasteiger partial charge on any atom is -0.489 e. The van der Waals surface area contributed by atoms with Gasteiger partial charge in [-0.3, -0.25) is 0 Å². The van der Waals surface area contributed by atoms with Crippen LogP contribution in [0.25, 0.3) is 10.9 Å². The summed E-state index contributed by atoms with van der Waals surface area (Å²) >= 11 is 14.3. The van der Waals surface area contributed by atoms with Crippen molar-refractivity contribution in [3.8, 4) is 5.75 Å². The number of ether oxygens (including phenoxy) is 1. The highest BCUT2D eigenvalue weighted by atomic mass is 127. The maximum atomic E-state index is 6.19. The molecule has 0 amide bonds. The van der Waals surface area contributed by atoms with Crippen LogP contribution >= 0.6 is 45.8 Å². The predicted molar refractivity (Wildman–Crippen MR) is 83.9 cm³/mol. The van der Waals surface area contributed by atoms with E-state index in [1.165, 1.54) is 0 Å². The average Bonchev–Trinajstić information content (AvgIpc) is 2.33. The van der Waals surface area contributed by atoms with Crippen LogP contribution in [0.5, 0.6) is 5.75 Å². The molecule has 6 heteroatoms. The smallest absolute Gasteiger partial charge is 0.159 e. The molecule has 2 aromatic rings. The zero-order chi connectivity index (χ0) is 13.1. The molecule has 1 heterocycles. The van der Waals surface area contributed by atoms with Crippen LogP contribution in [-0.4, -0.2) is 25.2 Å². The Labute approximate surface area is 129 Å². The second-order valence-electron chi connectivity index (χ2n) is 3.65. The van der Waals surface area contributed by atoms with E-state index in [0.717, 1.165) is 21.3 Å². The Kier molecular flexibility index (Phi) is 4.89. The lowest BCUT2D eigenvalue weighted by atomic mass is 10.2. The van der Waals surface area contributed by atoms with Crippen molar-refractivity contribution >= 4 is 56.7 Å². The number of nitrogens with zero attached hydrogens (tertiary/aromatic N) is 1. The van der Waals surface area contributed by atoms with E-state index in [2.05, 4.69) is 32.9 Å². The van der Waals surface area contributed by atoms with Crippen molar-refractivity contribution in [3.05, 3.63) is 31.9 Å². The van der Waals surface area contributed by atoms with Crippen LogP contribution in [0.2, 0.25) is 10.2 Å². The van der Waals surface area contributed by atoms with Gasteiger partial charge in [0.1, 0.15) is 17.3 Å². The molecule has 0 saturated heterocycles. The molecular formula is C12H11Cl2IN2O. The van der Waals surface area contributed by atoms with Gasteiger partial charge in [-0.1, -0.05) is 23.2 Å². The normalized spacial score (nSPS) is 10.9. The van der Waals surface area contributed by atoms with E-state index in [4.69, 9.17) is 27.9 Å². The van der Waals surface area contributed by atoms with E-state index in [9.17, 15) is 0 Å². The number of nitrogens with one attached hydrogen (secondary N) is 1. The molecule has 0 atom stereocenters. The predicted octanol–water partition coefficient (Wildman–Crippen LogP) is 3.74. The maximum absolute atomic E-state index is 6.19. The van der Waals surface area contributed by atoms with Crippen LogP contribution in [0.1, 0.15) is 0 Å². The Hall–Kier alpha value is -0.300. The molecule has 0 fully saturated rings. The molecule has 0 aliphatic carbocycles. The quantitative estimate of drug-likeness (QED) is 0.485. The third-order valence-electron chi connectivity index (χ3n) is 2.40. The summed E-state index contributed by atoms with van der Waals surface area (Å²) in [6.07, 6.45) is 0. The van der Waals surface area contributed by atoms with E-state index in [1.54, 1.807) is 6.07 Å². The number of pyridine rings is 1. The molecule has 0 saturated carbocycles. The first-order valence-electron chi connectivity index (χ1n) is 5.35. The van der Waals surface area contributed by atoms with Crippen LogP contribution in [0.4, 0.5) is 0 Å². The summed E-state index contributed by atoms with van der Waals surface area (Å²) in [5.41, 5.74) is 0.704. The van der Waals surface area contributed by atoms with E-state index >= 15 is 0 Å². The summed E-state index contributed by atoms with van der Waals surface area (Å²) in [7, 11) is 1.88. The summed E-state index contributed by atoms with van der Waals surface area (Å²) in [4.78, 5) is 4.31. The molecule has 0 unspecified atom stereocenters. The molecule has 18 heavy (non-hydrogen) atoms. The van der Waals surface area contributed by atoms with Crippen molar-refractivity contribution < 1.29 is 4.74 Å². The fraction of sp³-hybridized carbons (Fsp3) is 0.250. The fourth-order valence-electron chi connectivity index (χ4n) is 1.56. The van der Waals surface area contributed by atoms with Gasteiger partial charge in [-0.2, -0.15) is 0 Å². The minimum atomic E-state index is 0.430. The van der Waals surface area contributed by atoms with Gasteiger partial charge in [0.05, 0.1) is 8.59 Å². The Balaban J connectivity index is 2.52. The van der Waals surface area contributed by atoms with Gasteiger partial charge in [0.2, 0.25) is 0 Å². The Morgan fingerprint density at radius 2 is 2.17 bits per heavy atom. The van der Waals surface area contributed by atoms with E-state index in [-0.39, 0.29) is 0 Å². The van der Waals surface area contributed by atoms with E-state index in [1.807, 2.05) is 19.2 Å². The first-order chi connectivity index (χ1) is 8.63. The molecule has 0 aliphatic heterocycles. The highest BCUT2D eigenvalue weighted by molar-refractivity contribution is 14.1. The highest BCUT2D eigenvalue weighted by Gasteiger charge is 2.12. The van der Waals surface area contributed by atoms with Crippen molar-refractivity contribution in [3.63, 3.8) is 0 Å². The number of fused-ring (bicyclic) bond motifs is 1. The molecular weight excluding hydrogens is 386 g/mol. The van der Waals surface area contributed by atoms with Crippen LogP contribution in [0, 0.1) is 3.57 Å². The molecule has 0 bridgehead atoms. The fourth-order valence-corrected chi connectivity index (χ4v) is 2.88. The van der Waals surface area contributed by atoms with Crippen molar-refractivity contribution in [1.29, 1.82) is 0 Å². The third kappa shape index (κ3) is 2.99. The van der Waals surface area contributed by atoms with E-state index < -0.39 is 0 Å². The van der Waals surface area contributed by atoms with Crippen LogP contribution < -0.4 is 10.1 Å². The molecule has 1 aromatic heterocycles. The number of hydrogen-bond donors (Lipinski definition) is 1. The number of halogens is 3. The lowest BCUT2D eigenvalue weighted by Crippen LogP contribution is -2.16. The van der Waals surface area contributed by atoms with Gasteiger partial charge in [-0.05, 0) is 47.8 Å². The van der Waals surface area contributed by atoms with Gasteiger partial charge in [-0.25, -0.2) is 4.98 Å². The summed E-state index contributed by atoms with van der Waals surface area (Å²) < 4.78 is 6.68. The minimum absolute atomic E-state index is 0.430. The lowest BCUT2D eigenvalue weighted by Gasteiger charge is -2.12. The molecule has 2 rings (SSSR count). The van der Waals surface area contributed by atoms with Crippen LogP contribution in [-0.2, 0) is 0 Å². The van der Waals surface area contributed by atoms with Gasteiger partial charge < -0.3 is 10.1 Å².